The number of aromatic nitrogens is 1. The Labute approximate surface area is 124 Å². The first kappa shape index (κ1) is 15.3. The molecular weight excluding hydrogens is 274 g/mol. The van der Waals surface area contributed by atoms with Crippen molar-refractivity contribution in [2.75, 3.05) is 13.2 Å². The minimum atomic E-state index is -0.00375. The largest absolute Gasteiger partial charge is 0.396 e. The summed E-state index contributed by atoms with van der Waals surface area (Å²) in [5, 5.41) is 12.7. The molecule has 1 fully saturated rings. The lowest BCUT2D eigenvalue weighted by Crippen LogP contribution is -2.41. The Morgan fingerprint density at radius 3 is 2.75 bits per heavy atom. The number of hydrogen-bond acceptors (Lipinski definition) is 4. The molecule has 1 heterocycles. The molecule has 2 amide bonds. The zero-order valence-electron chi connectivity index (χ0n) is 12.2. The van der Waals surface area contributed by atoms with Gasteiger partial charge in [0.15, 0.2) is 0 Å². The predicted molar refractivity (Wildman–Crippen MR) is 79.9 cm³/mol. The third-order valence-corrected chi connectivity index (χ3v) is 4.59. The molecule has 0 aliphatic heterocycles. The number of aryl methyl sites for hydroxylation is 2. The lowest BCUT2D eigenvalue weighted by atomic mass is 10.3. The SMILES string of the molecule is Cc1nc(CNC(=O)N(CCCCO)C2CC2)sc1C. The quantitative estimate of drug-likeness (QED) is 0.758. The monoisotopic (exact) mass is 297 g/mol. The van der Waals surface area contributed by atoms with Gasteiger partial charge in [-0.25, -0.2) is 9.78 Å². The van der Waals surface area contributed by atoms with Gasteiger partial charge in [-0.3, -0.25) is 0 Å². The summed E-state index contributed by atoms with van der Waals surface area (Å²) in [5.41, 5.74) is 1.04. The molecule has 0 bridgehead atoms. The number of unbranched alkanes of at least 4 members (excludes halogenated alkanes) is 1. The van der Waals surface area contributed by atoms with Gasteiger partial charge in [0.1, 0.15) is 5.01 Å². The molecule has 112 valence electrons. The molecule has 0 saturated heterocycles. The van der Waals surface area contributed by atoms with Crippen LogP contribution in [0.3, 0.4) is 0 Å². The molecular formula is C14H23N3O2S. The number of carbonyl (C=O) groups excluding carboxylic acids is 1. The minimum Gasteiger partial charge on any atom is -0.396 e. The van der Waals surface area contributed by atoms with Crippen LogP contribution in [0.4, 0.5) is 4.79 Å². The second kappa shape index (κ2) is 7.04. The molecule has 6 heteroatoms. The van der Waals surface area contributed by atoms with E-state index in [1.165, 1.54) is 4.88 Å². The van der Waals surface area contributed by atoms with Gasteiger partial charge in [-0.15, -0.1) is 11.3 Å². The van der Waals surface area contributed by atoms with Crippen molar-refractivity contribution in [3.05, 3.63) is 15.6 Å². The molecule has 1 aliphatic carbocycles. The maximum absolute atomic E-state index is 12.2. The number of thiazole rings is 1. The van der Waals surface area contributed by atoms with Crippen LogP contribution in [-0.4, -0.2) is 40.2 Å². The zero-order chi connectivity index (χ0) is 14.5. The van der Waals surface area contributed by atoms with Crippen molar-refractivity contribution in [2.45, 2.75) is 52.1 Å². The summed E-state index contributed by atoms with van der Waals surface area (Å²) in [4.78, 5) is 19.8. The molecule has 2 rings (SSSR count). The number of amides is 2. The van der Waals surface area contributed by atoms with Gasteiger partial charge >= 0.3 is 6.03 Å². The Balaban J connectivity index is 1.81. The van der Waals surface area contributed by atoms with Gasteiger partial charge in [0.2, 0.25) is 0 Å². The Bertz CT molecular complexity index is 438. The Hall–Kier alpha value is -1.14. The lowest BCUT2D eigenvalue weighted by molar-refractivity contribution is 0.190. The highest BCUT2D eigenvalue weighted by Gasteiger charge is 2.32. The van der Waals surface area contributed by atoms with E-state index in [-0.39, 0.29) is 12.6 Å². The normalized spacial score (nSPS) is 14.3. The number of rotatable bonds is 7. The second-order valence-electron chi connectivity index (χ2n) is 5.26. The summed E-state index contributed by atoms with van der Waals surface area (Å²) in [5.74, 6) is 0. The predicted octanol–water partition coefficient (Wildman–Crippen LogP) is 2.21. The number of nitrogens with zero attached hydrogens (tertiary/aromatic N) is 2. The van der Waals surface area contributed by atoms with Crippen LogP contribution in [0.15, 0.2) is 0 Å². The van der Waals surface area contributed by atoms with Crippen LogP contribution < -0.4 is 5.32 Å². The average molecular weight is 297 g/mol. The number of nitrogens with one attached hydrogen (secondary N) is 1. The Morgan fingerprint density at radius 1 is 1.45 bits per heavy atom. The highest BCUT2D eigenvalue weighted by molar-refractivity contribution is 7.11. The van der Waals surface area contributed by atoms with E-state index in [1.807, 2.05) is 18.7 Å². The molecule has 1 saturated carbocycles. The van der Waals surface area contributed by atoms with Crippen LogP contribution in [0.5, 0.6) is 0 Å². The maximum Gasteiger partial charge on any atom is 0.317 e. The molecule has 0 atom stereocenters. The van der Waals surface area contributed by atoms with E-state index in [1.54, 1.807) is 11.3 Å². The topological polar surface area (TPSA) is 65.5 Å². The molecule has 1 aliphatic rings. The highest BCUT2D eigenvalue weighted by atomic mass is 32.1. The minimum absolute atomic E-state index is 0.00375. The van der Waals surface area contributed by atoms with E-state index in [2.05, 4.69) is 10.3 Å². The van der Waals surface area contributed by atoms with Crippen molar-refractivity contribution in [1.82, 2.24) is 15.2 Å². The van der Waals surface area contributed by atoms with Gasteiger partial charge in [-0.05, 0) is 39.5 Å². The van der Waals surface area contributed by atoms with Crippen molar-refractivity contribution >= 4 is 17.4 Å². The van der Waals surface area contributed by atoms with Gasteiger partial charge in [0.05, 0.1) is 12.2 Å². The van der Waals surface area contributed by atoms with Gasteiger partial charge < -0.3 is 15.3 Å². The summed E-state index contributed by atoms with van der Waals surface area (Å²) in [6.45, 7) is 5.46. The zero-order valence-corrected chi connectivity index (χ0v) is 13.0. The maximum atomic E-state index is 12.2. The summed E-state index contributed by atoms with van der Waals surface area (Å²) in [6, 6.07) is 0.393. The van der Waals surface area contributed by atoms with Crippen molar-refractivity contribution in [2.24, 2.45) is 0 Å². The molecule has 20 heavy (non-hydrogen) atoms. The number of carbonyl (C=O) groups is 1. The van der Waals surface area contributed by atoms with E-state index in [4.69, 9.17) is 5.11 Å². The highest BCUT2D eigenvalue weighted by Crippen LogP contribution is 2.27. The van der Waals surface area contributed by atoms with Crippen LogP contribution in [0.25, 0.3) is 0 Å². The first-order chi connectivity index (χ1) is 9.61. The van der Waals surface area contributed by atoms with Crippen molar-refractivity contribution in [1.29, 1.82) is 0 Å². The summed E-state index contributed by atoms with van der Waals surface area (Å²) < 4.78 is 0. The van der Waals surface area contributed by atoms with Crippen LogP contribution in [0.1, 0.15) is 41.3 Å². The molecule has 5 nitrogen and oxygen atoms in total. The lowest BCUT2D eigenvalue weighted by Gasteiger charge is -2.22. The summed E-state index contributed by atoms with van der Waals surface area (Å²) >= 11 is 1.64. The number of hydrogen-bond donors (Lipinski definition) is 2. The van der Waals surface area contributed by atoms with Crippen molar-refractivity contribution in [3.8, 4) is 0 Å². The molecule has 0 radical (unpaired) electrons. The smallest absolute Gasteiger partial charge is 0.317 e. The third kappa shape index (κ3) is 4.18. The Kier molecular flexibility index (Phi) is 5.37. The van der Waals surface area contributed by atoms with E-state index in [0.717, 1.165) is 42.9 Å². The number of urea groups is 1. The van der Waals surface area contributed by atoms with E-state index in [0.29, 0.717) is 12.6 Å². The average Bonchev–Trinajstić information content (AvgIpc) is 3.20. The van der Waals surface area contributed by atoms with Crippen LogP contribution in [0.2, 0.25) is 0 Å². The van der Waals surface area contributed by atoms with Crippen LogP contribution in [-0.2, 0) is 6.54 Å². The van der Waals surface area contributed by atoms with Gasteiger partial charge in [0.25, 0.3) is 0 Å². The van der Waals surface area contributed by atoms with E-state index < -0.39 is 0 Å². The molecule has 1 aromatic heterocycles. The number of aliphatic hydroxyl groups excluding tert-OH is 1. The van der Waals surface area contributed by atoms with E-state index in [9.17, 15) is 4.79 Å². The van der Waals surface area contributed by atoms with Gasteiger partial charge in [-0.1, -0.05) is 0 Å². The van der Waals surface area contributed by atoms with E-state index >= 15 is 0 Å². The fourth-order valence-electron chi connectivity index (χ4n) is 2.10. The van der Waals surface area contributed by atoms with Gasteiger partial charge in [0, 0.05) is 24.1 Å². The first-order valence-electron chi connectivity index (χ1n) is 7.20. The third-order valence-electron chi connectivity index (χ3n) is 3.52. The fraction of sp³-hybridized carbons (Fsp3) is 0.714. The first-order valence-corrected chi connectivity index (χ1v) is 8.01. The van der Waals surface area contributed by atoms with Crippen molar-refractivity contribution in [3.63, 3.8) is 0 Å². The van der Waals surface area contributed by atoms with Crippen LogP contribution in [0, 0.1) is 13.8 Å². The fourth-order valence-corrected chi connectivity index (χ4v) is 2.97. The molecule has 0 aromatic carbocycles. The molecule has 0 spiro atoms. The van der Waals surface area contributed by atoms with Gasteiger partial charge in [-0.2, -0.15) is 0 Å². The molecule has 2 N–H and O–H groups in total. The number of aliphatic hydroxyl groups is 1. The summed E-state index contributed by atoms with van der Waals surface area (Å²) in [6.07, 6.45) is 3.81. The Morgan fingerprint density at radius 2 is 2.20 bits per heavy atom. The second-order valence-corrected chi connectivity index (χ2v) is 6.55. The standard InChI is InChI=1S/C14H23N3O2S/c1-10-11(2)20-13(16-10)9-15-14(19)17(12-5-6-12)7-3-4-8-18/h12,18H,3-9H2,1-2H3,(H,15,19). The molecule has 1 aromatic rings. The van der Waals surface area contributed by atoms with Crippen LogP contribution >= 0.6 is 11.3 Å². The summed E-state index contributed by atoms with van der Waals surface area (Å²) in [7, 11) is 0. The van der Waals surface area contributed by atoms with Crippen molar-refractivity contribution < 1.29 is 9.90 Å². The molecule has 0 unspecified atom stereocenters.